The molecule has 3 N–H and O–H groups in total. The average molecular weight is 370 g/mol. The van der Waals surface area contributed by atoms with Crippen LogP contribution in [0.2, 0.25) is 0 Å². The Morgan fingerprint density at radius 1 is 1.15 bits per heavy atom. The minimum atomic E-state index is -0.0734. The van der Waals surface area contributed by atoms with E-state index in [4.69, 9.17) is 15.6 Å². The Kier molecular flexibility index (Phi) is 6.85. The summed E-state index contributed by atoms with van der Waals surface area (Å²) in [5.41, 5.74) is 7.95. The van der Waals surface area contributed by atoms with Crippen LogP contribution in [0.15, 0.2) is 28.7 Å². The van der Waals surface area contributed by atoms with Gasteiger partial charge >= 0.3 is 0 Å². The molecule has 0 aliphatic carbocycles. The molecule has 6 nitrogen and oxygen atoms in total. The average Bonchev–Trinajstić information content (AvgIpc) is 3.34. The predicted molar refractivity (Wildman–Crippen MR) is 107 cm³/mol. The zero-order chi connectivity index (χ0) is 19.1. The lowest BCUT2D eigenvalue weighted by Gasteiger charge is -2.21. The minimum Gasteiger partial charge on any atom is -0.418 e. The topological polar surface area (TPSA) is 92.0 Å². The van der Waals surface area contributed by atoms with Gasteiger partial charge in [0, 0.05) is 12.1 Å². The molecule has 0 spiro atoms. The number of unbranched alkanes of at least 4 members (excludes halogenated alkanes) is 5. The van der Waals surface area contributed by atoms with Crippen LogP contribution in [0.3, 0.4) is 0 Å². The van der Waals surface area contributed by atoms with Crippen LogP contribution in [-0.4, -0.2) is 27.6 Å². The lowest BCUT2D eigenvalue weighted by atomic mass is 10.0. The fourth-order valence-electron chi connectivity index (χ4n) is 3.72. The first-order chi connectivity index (χ1) is 13.2. The zero-order valence-electron chi connectivity index (χ0n) is 16.3. The van der Waals surface area contributed by atoms with E-state index >= 15 is 0 Å². The summed E-state index contributed by atoms with van der Waals surface area (Å²) in [5, 5.41) is 16.1. The van der Waals surface area contributed by atoms with Crippen LogP contribution >= 0.6 is 0 Å². The predicted octanol–water partition coefficient (Wildman–Crippen LogP) is 4.67. The Balaban J connectivity index is 1.55. The molecular formula is C21H31N5O. The molecule has 0 bridgehead atoms. The van der Waals surface area contributed by atoms with Gasteiger partial charge in [-0.3, -0.25) is 5.41 Å². The summed E-state index contributed by atoms with van der Waals surface area (Å²) in [5.74, 6) is 1.15. The number of nitrogens with one attached hydrogen (secondary N) is 1. The SMILES string of the molecule is CCCCCCCCc1ccc(-c2nnc([C@@H]3CCCN3C(=N)N)o2)cc1. The van der Waals surface area contributed by atoms with Crippen LogP contribution in [0.5, 0.6) is 0 Å². The van der Waals surface area contributed by atoms with Crippen molar-refractivity contribution in [1.29, 1.82) is 5.41 Å². The molecule has 1 aromatic carbocycles. The van der Waals surface area contributed by atoms with E-state index in [1.807, 2.05) is 4.90 Å². The highest BCUT2D eigenvalue weighted by molar-refractivity contribution is 5.75. The second-order valence-electron chi connectivity index (χ2n) is 7.40. The fraction of sp³-hybridized carbons (Fsp3) is 0.571. The zero-order valence-corrected chi connectivity index (χ0v) is 16.3. The van der Waals surface area contributed by atoms with Crippen LogP contribution in [0.25, 0.3) is 11.5 Å². The quantitative estimate of drug-likeness (QED) is 0.381. The number of nitrogens with zero attached hydrogens (tertiary/aromatic N) is 3. The first-order valence-corrected chi connectivity index (χ1v) is 10.2. The lowest BCUT2D eigenvalue weighted by molar-refractivity contribution is 0.323. The van der Waals surface area contributed by atoms with E-state index in [9.17, 15) is 0 Å². The van der Waals surface area contributed by atoms with Crippen LogP contribution in [-0.2, 0) is 6.42 Å². The molecule has 3 rings (SSSR count). The van der Waals surface area contributed by atoms with E-state index in [1.54, 1.807) is 0 Å². The van der Waals surface area contributed by atoms with Gasteiger partial charge in [-0.2, -0.15) is 0 Å². The number of rotatable bonds is 9. The maximum absolute atomic E-state index is 7.68. The standard InChI is InChI=1S/C21H31N5O/c1-2-3-4-5-6-7-9-16-11-13-17(14-12-16)19-24-25-20(27-19)18-10-8-15-26(18)21(22)23/h11-14,18H,2-10,15H2,1H3,(H3,22,23)/t18-/m0/s1. The molecule has 1 atom stereocenters. The highest BCUT2D eigenvalue weighted by atomic mass is 16.4. The molecule has 1 fully saturated rings. The molecule has 1 aromatic heterocycles. The summed E-state index contributed by atoms with van der Waals surface area (Å²) in [6.07, 6.45) is 10.9. The maximum atomic E-state index is 7.68. The molecule has 0 radical (unpaired) electrons. The molecule has 1 saturated heterocycles. The third-order valence-electron chi connectivity index (χ3n) is 5.31. The van der Waals surface area contributed by atoms with E-state index in [-0.39, 0.29) is 12.0 Å². The Labute approximate surface area is 161 Å². The van der Waals surface area contributed by atoms with Gasteiger partial charge in [-0.25, -0.2) is 0 Å². The van der Waals surface area contributed by atoms with E-state index in [2.05, 4.69) is 41.4 Å². The Hall–Kier alpha value is -2.37. The summed E-state index contributed by atoms with van der Waals surface area (Å²) in [6.45, 7) is 3.02. The van der Waals surface area contributed by atoms with Crippen molar-refractivity contribution in [1.82, 2.24) is 15.1 Å². The molecule has 2 aromatic rings. The van der Waals surface area contributed by atoms with Crippen molar-refractivity contribution in [2.24, 2.45) is 5.73 Å². The van der Waals surface area contributed by atoms with Crippen molar-refractivity contribution in [2.75, 3.05) is 6.54 Å². The number of hydrogen-bond acceptors (Lipinski definition) is 4. The molecular weight excluding hydrogens is 338 g/mol. The van der Waals surface area contributed by atoms with Crippen LogP contribution in [0.1, 0.15) is 75.8 Å². The van der Waals surface area contributed by atoms with Crippen LogP contribution in [0, 0.1) is 5.41 Å². The first kappa shape index (κ1) is 19.4. The van der Waals surface area contributed by atoms with Gasteiger partial charge in [0.2, 0.25) is 11.8 Å². The maximum Gasteiger partial charge on any atom is 0.247 e. The van der Waals surface area contributed by atoms with Crippen molar-refractivity contribution in [3.63, 3.8) is 0 Å². The second kappa shape index (κ2) is 9.53. The highest BCUT2D eigenvalue weighted by Gasteiger charge is 2.31. The molecule has 27 heavy (non-hydrogen) atoms. The second-order valence-corrected chi connectivity index (χ2v) is 7.40. The molecule has 0 amide bonds. The smallest absolute Gasteiger partial charge is 0.247 e. The largest absolute Gasteiger partial charge is 0.418 e. The number of hydrogen-bond donors (Lipinski definition) is 2. The number of guanidine groups is 1. The van der Waals surface area contributed by atoms with E-state index in [1.165, 1.54) is 44.1 Å². The molecule has 1 aliphatic heterocycles. The number of aromatic nitrogens is 2. The van der Waals surface area contributed by atoms with Crippen molar-refractivity contribution in [3.8, 4) is 11.5 Å². The molecule has 0 unspecified atom stereocenters. The van der Waals surface area contributed by atoms with Gasteiger partial charge in [-0.1, -0.05) is 51.2 Å². The third kappa shape index (κ3) is 5.08. The molecule has 6 heteroatoms. The Morgan fingerprint density at radius 2 is 1.89 bits per heavy atom. The van der Waals surface area contributed by atoms with Gasteiger partial charge in [0.25, 0.3) is 0 Å². The van der Waals surface area contributed by atoms with Crippen molar-refractivity contribution in [2.45, 2.75) is 70.8 Å². The van der Waals surface area contributed by atoms with Crippen LogP contribution < -0.4 is 5.73 Å². The number of benzene rings is 1. The Bertz CT molecular complexity index is 724. The van der Waals surface area contributed by atoms with E-state index < -0.39 is 0 Å². The summed E-state index contributed by atoms with van der Waals surface area (Å²) in [7, 11) is 0. The van der Waals surface area contributed by atoms with Gasteiger partial charge in [-0.05, 0) is 43.4 Å². The number of nitrogens with two attached hydrogens (primary N) is 1. The molecule has 146 valence electrons. The first-order valence-electron chi connectivity index (χ1n) is 10.2. The number of aryl methyl sites for hydroxylation is 1. The van der Waals surface area contributed by atoms with E-state index in [0.717, 1.165) is 31.4 Å². The molecule has 1 aliphatic rings. The highest BCUT2D eigenvalue weighted by Crippen LogP contribution is 2.32. The van der Waals surface area contributed by atoms with Gasteiger partial charge < -0.3 is 15.1 Å². The third-order valence-corrected chi connectivity index (χ3v) is 5.31. The van der Waals surface area contributed by atoms with Gasteiger partial charge in [-0.15, -0.1) is 10.2 Å². The normalized spacial score (nSPS) is 16.8. The fourth-order valence-corrected chi connectivity index (χ4v) is 3.72. The van der Waals surface area contributed by atoms with Gasteiger partial charge in [0.15, 0.2) is 5.96 Å². The monoisotopic (exact) mass is 369 g/mol. The van der Waals surface area contributed by atoms with Crippen molar-refractivity contribution < 1.29 is 4.42 Å². The molecule has 2 heterocycles. The van der Waals surface area contributed by atoms with Crippen molar-refractivity contribution >= 4 is 5.96 Å². The van der Waals surface area contributed by atoms with Crippen LogP contribution in [0.4, 0.5) is 0 Å². The summed E-state index contributed by atoms with van der Waals surface area (Å²) >= 11 is 0. The summed E-state index contributed by atoms with van der Waals surface area (Å²) in [4.78, 5) is 1.82. The minimum absolute atomic E-state index is 0.0660. The Morgan fingerprint density at radius 3 is 2.63 bits per heavy atom. The molecule has 0 saturated carbocycles. The van der Waals surface area contributed by atoms with Gasteiger partial charge in [0.1, 0.15) is 6.04 Å². The summed E-state index contributed by atoms with van der Waals surface area (Å²) < 4.78 is 5.89. The van der Waals surface area contributed by atoms with E-state index in [0.29, 0.717) is 11.8 Å². The van der Waals surface area contributed by atoms with Gasteiger partial charge in [0.05, 0.1) is 0 Å². The number of likely N-dealkylation sites (tertiary alicyclic amines) is 1. The summed E-state index contributed by atoms with van der Waals surface area (Å²) in [6, 6.07) is 8.35. The lowest BCUT2D eigenvalue weighted by Crippen LogP contribution is -2.35. The van der Waals surface area contributed by atoms with Crippen molar-refractivity contribution in [3.05, 3.63) is 35.7 Å².